The number of para-hydroxylation sites is 1. The molecule has 5 nitrogen and oxygen atoms in total. The van der Waals surface area contributed by atoms with Crippen molar-refractivity contribution < 1.29 is 9.53 Å². The summed E-state index contributed by atoms with van der Waals surface area (Å²) in [5.74, 6) is 0.584. The van der Waals surface area contributed by atoms with E-state index in [1.165, 1.54) is 37.7 Å². The van der Waals surface area contributed by atoms with Crippen LogP contribution in [0.25, 0.3) is 10.9 Å². The van der Waals surface area contributed by atoms with E-state index in [1.807, 2.05) is 36.4 Å². The van der Waals surface area contributed by atoms with Gasteiger partial charge in [-0.1, -0.05) is 80.6 Å². The molecule has 1 heterocycles. The van der Waals surface area contributed by atoms with Crippen molar-refractivity contribution in [2.45, 2.75) is 83.1 Å². The van der Waals surface area contributed by atoms with Crippen molar-refractivity contribution >= 4 is 16.8 Å². The predicted octanol–water partition coefficient (Wildman–Crippen LogP) is 5.87. The summed E-state index contributed by atoms with van der Waals surface area (Å²) in [5.41, 5.74) is 2.78. The average Bonchev–Trinajstić information content (AvgIpc) is 3.23. The molecule has 3 aromatic rings. The van der Waals surface area contributed by atoms with E-state index in [4.69, 9.17) is 9.84 Å². The first kappa shape index (κ1) is 22.1. The minimum atomic E-state index is -0.0752. The Morgan fingerprint density at radius 2 is 1.64 bits per heavy atom. The van der Waals surface area contributed by atoms with Crippen molar-refractivity contribution in [2.75, 3.05) is 0 Å². The number of carbonyl (C=O) groups is 1. The highest BCUT2D eigenvalue weighted by atomic mass is 16.5. The normalized spacial score (nSPS) is 21.8. The number of fused-ring (bicyclic) bond motifs is 1. The summed E-state index contributed by atoms with van der Waals surface area (Å²) in [6, 6.07) is 18.4. The maximum atomic E-state index is 13.4. The number of rotatable bonds is 7. The standard InChI is InChI=1S/C28H35N3O2/c32-28(29-24-16-8-10-18-26(24)33-20-22-13-5-2-6-14-22)27-23-15-7-9-17-25(23)31(30-27)19-21-11-3-1-4-12-21/h2,5-7,9,13-15,17,21,24,26H,1,3-4,8,10-12,16,18-20H2,(H,29,32)/t24-,26-/m0/s1. The topological polar surface area (TPSA) is 56.1 Å². The summed E-state index contributed by atoms with van der Waals surface area (Å²) in [7, 11) is 0. The molecule has 1 amide bonds. The number of aromatic nitrogens is 2. The summed E-state index contributed by atoms with van der Waals surface area (Å²) in [6.45, 7) is 1.48. The van der Waals surface area contributed by atoms with E-state index in [1.54, 1.807) is 0 Å². The fourth-order valence-corrected chi connectivity index (χ4v) is 5.52. The van der Waals surface area contributed by atoms with Gasteiger partial charge in [0.2, 0.25) is 0 Å². The average molecular weight is 446 g/mol. The number of ether oxygens (including phenoxy) is 1. The third kappa shape index (κ3) is 5.30. The lowest BCUT2D eigenvalue weighted by atomic mass is 9.89. The molecule has 2 atom stereocenters. The quantitative estimate of drug-likeness (QED) is 0.494. The maximum absolute atomic E-state index is 13.4. The third-order valence-electron chi connectivity index (χ3n) is 7.35. The lowest BCUT2D eigenvalue weighted by Gasteiger charge is -2.32. The van der Waals surface area contributed by atoms with Crippen LogP contribution in [0.4, 0.5) is 0 Å². The molecule has 1 N–H and O–H groups in total. The molecule has 0 spiro atoms. The number of nitrogens with zero attached hydrogens (tertiary/aromatic N) is 2. The zero-order chi connectivity index (χ0) is 22.5. The molecule has 2 aliphatic rings. The lowest BCUT2D eigenvalue weighted by Crippen LogP contribution is -2.46. The molecule has 174 valence electrons. The minimum absolute atomic E-state index is 0.0252. The van der Waals surface area contributed by atoms with Gasteiger partial charge in [-0.05, 0) is 43.2 Å². The van der Waals surface area contributed by atoms with Crippen molar-refractivity contribution in [1.82, 2.24) is 15.1 Å². The van der Waals surface area contributed by atoms with Crippen LogP contribution in [0.15, 0.2) is 54.6 Å². The highest BCUT2D eigenvalue weighted by molar-refractivity contribution is 6.05. The molecule has 2 fully saturated rings. The SMILES string of the molecule is O=C(N[C@H]1CCCC[C@@H]1OCc1ccccc1)c1nn(CC2CCCCC2)c2ccccc12. The van der Waals surface area contributed by atoms with Gasteiger partial charge in [-0.2, -0.15) is 5.10 Å². The molecular formula is C28H35N3O2. The van der Waals surface area contributed by atoms with Crippen LogP contribution in [-0.4, -0.2) is 27.8 Å². The largest absolute Gasteiger partial charge is 0.371 e. The lowest BCUT2D eigenvalue weighted by molar-refractivity contribution is -0.00465. The Morgan fingerprint density at radius 1 is 0.909 bits per heavy atom. The van der Waals surface area contributed by atoms with Crippen molar-refractivity contribution in [1.29, 1.82) is 0 Å². The number of benzene rings is 2. The van der Waals surface area contributed by atoms with Crippen LogP contribution in [0.3, 0.4) is 0 Å². The van der Waals surface area contributed by atoms with E-state index >= 15 is 0 Å². The first-order chi connectivity index (χ1) is 16.3. The number of hydrogen-bond acceptors (Lipinski definition) is 3. The number of carbonyl (C=O) groups excluding carboxylic acids is 1. The van der Waals surface area contributed by atoms with Gasteiger partial charge in [0.05, 0.1) is 24.3 Å². The summed E-state index contributed by atoms with van der Waals surface area (Å²) in [4.78, 5) is 13.4. The molecule has 2 aromatic carbocycles. The van der Waals surface area contributed by atoms with Crippen molar-refractivity contribution in [2.24, 2.45) is 5.92 Å². The molecule has 33 heavy (non-hydrogen) atoms. The van der Waals surface area contributed by atoms with Crippen molar-refractivity contribution in [3.63, 3.8) is 0 Å². The smallest absolute Gasteiger partial charge is 0.272 e. The van der Waals surface area contributed by atoms with Crippen LogP contribution in [-0.2, 0) is 17.9 Å². The Kier molecular flexibility index (Phi) is 7.06. The summed E-state index contributed by atoms with van der Waals surface area (Å²) in [6.07, 6.45) is 10.7. The summed E-state index contributed by atoms with van der Waals surface area (Å²) >= 11 is 0. The highest BCUT2D eigenvalue weighted by Gasteiger charge is 2.29. The summed E-state index contributed by atoms with van der Waals surface area (Å²) in [5, 5.41) is 9.07. The molecule has 2 aliphatic carbocycles. The Balaban J connectivity index is 1.30. The van der Waals surface area contributed by atoms with Gasteiger partial charge >= 0.3 is 0 Å². The molecule has 0 unspecified atom stereocenters. The molecule has 0 saturated heterocycles. The number of nitrogens with one attached hydrogen (secondary N) is 1. The Bertz CT molecular complexity index is 1060. The van der Waals surface area contributed by atoms with E-state index < -0.39 is 0 Å². The fraction of sp³-hybridized carbons (Fsp3) is 0.500. The monoisotopic (exact) mass is 445 g/mol. The van der Waals surface area contributed by atoms with Gasteiger partial charge in [-0.15, -0.1) is 0 Å². The summed E-state index contributed by atoms with van der Waals surface area (Å²) < 4.78 is 8.35. The molecule has 5 rings (SSSR count). The van der Waals surface area contributed by atoms with E-state index in [0.717, 1.165) is 43.1 Å². The maximum Gasteiger partial charge on any atom is 0.272 e. The van der Waals surface area contributed by atoms with Gasteiger partial charge in [0.15, 0.2) is 5.69 Å². The second kappa shape index (κ2) is 10.5. The Labute approximate surface area is 196 Å². The van der Waals surface area contributed by atoms with Crippen molar-refractivity contribution in [3.8, 4) is 0 Å². The van der Waals surface area contributed by atoms with Crippen LogP contribution in [0.1, 0.15) is 73.8 Å². The van der Waals surface area contributed by atoms with Gasteiger partial charge in [0.25, 0.3) is 5.91 Å². The van der Waals surface area contributed by atoms with Crippen LogP contribution < -0.4 is 5.32 Å². The van der Waals surface area contributed by atoms with Crippen LogP contribution in [0.2, 0.25) is 0 Å². The van der Waals surface area contributed by atoms with E-state index in [-0.39, 0.29) is 18.1 Å². The van der Waals surface area contributed by atoms with Gasteiger partial charge in [0, 0.05) is 11.9 Å². The highest BCUT2D eigenvalue weighted by Crippen LogP contribution is 2.28. The number of amides is 1. The van der Waals surface area contributed by atoms with Crippen LogP contribution in [0, 0.1) is 5.92 Å². The second-order valence-corrected chi connectivity index (χ2v) is 9.75. The second-order valence-electron chi connectivity index (χ2n) is 9.75. The Hall–Kier alpha value is -2.66. The molecular weight excluding hydrogens is 410 g/mol. The first-order valence-electron chi connectivity index (χ1n) is 12.7. The zero-order valence-electron chi connectivity index (χ0n) is 19.4. The molecule has 2 saturated carbocycles. The predicted molar refractivity (Wildman–Crippen MR) is 131 cm³/mol. The van der Waals surface area contributed by atoms with E-state index in [2.05, 4.69) is 28.2 Å². The zero-order valence-corrected chi connectivity index (χ0v) is 19.4. The van der Waals surface area contributed by atoms with Gasteiger partial charge in [0.1, 0.15) is 0 Å². The number of hydrogen-bond donors (Lipinski definition) is 1. The van der Waals surface area contributed by atoms with Gasteiger partial charge in [-0.3, -0.25) is 9.48 Å². The van der Waals surface area contributed by atoms with E-state index in [0.29, 0.717) is 18.2 Å². The molecule has 5 heteroatoms. The van der Waals surface area contributed by atoms with Gasteiger partial charge < -0.3 is 10.1 Å². The molecule has 0 radical (unpaired) electrons. The van der Waals surface area contributed by atoms with Crippen LogP contribution in [0.5, 0.6) is 0 Å². The minimum Gasteiger partial charge on any atom is -0.371 e. The fourth-order valence-electron chi connectivity index (χ4n) is 5.52. The van der Waals surface area contributed by atoms with Crippen LogP contribution >= 0.6 is 0 Å². The van der Waals surface area contributed by atoms with E-state index in [9.17, 15) is 4.79 Å². The Morgan fingerprint density at radius 3 is 2.48 bits per heavy atom. The third-order valence-corrected chi connectivity index (χ3v) is 7.35. The first-order valence-corrected chi connectivity index (χ1v) is 12.7. The van der Waals surface area contributed by atoms with Crippen molar-refractivity contribution in [3.05, 3.63) is 65.9 Å². The van der Waals surface area contributed by atoms with Gasteiger partial charge in [-0.25, -0.2) is 0 Å². The molecule has 0 bridgehead atoms. The molecule has 0 aliphatic heterocycles. The molecule has 1 aromatic heterocycles.